The number of Topliss-reactive ketones (excluding diaryl/α,β-unsaturated/α-hetero) is 1. The number of ketones is 1. The average molecular weight is 491 g/mol. The molecule has 1 N–H and O–H groups in total. The molecule has 0 unspecified atom stereocenters. The number of rotatable bonds is 7. The van der Waals surface area contributed by atoms with Crippen LogP contribution in [0.25, 0.3) is 10.2 Å². The van der Waals surface area contributed by atoms with Crippen molar-refractivity contribution < 1.29 is 28.6 Å². The van der Waals surface area contributed by atoms with Crippen molar-refractivity contribution in [3.05, 3.63) is 83.0 Å². The number of nitrogens with zero attached hydrogens (tertiary/aromatic N) is 2. The second-order valence-corrected chi connectivity index (χ2v) is 8.92. The fraction of sp³-hybridized carbons (Fsp3) is 0.192. The van der Waals surface area contributed by atoms with Crippen LogP contribution in [0.2, 0.25) is 0 Å². The summed E-state index contributed by atoms with van der Waals surface area (Å²) >= 11 is 1.27. The standard InChI is InChI=1S/C26H22N2O6S/c1-4-33-17-9-10-18-20(13-17)35-26(27-18)28-22(15-6-5-7-16(12-15)32-3)21(24(30)25(28)31)23(29)19-11-8-14(2)34-19/h5-13,22,30H,4H2,1-3H3/t22-/m0/s1. The van der Waals surface area contributed by atoms with E-state index in [1.165, 1.54) is 29.4 Å². The largest absolute Gasteiger partial charge is 0.503 e. The van der Waals surface area contributed by atoms with Crippen molar-refractivity contribution in [1.29, 1.82) is 0 Å². The van der Waals surface area contributed by atoms with Gasteiger partial charge in [-0.25, -0.2) is 4.98 Å². The highest BCUT2D eigenvalue weighted by atomic mass is 32.1. The Morgan fingerprint density at radius 3 is 2.71 bits per heavy atom. The van der Waals surface area contributed by atoms with Gasteiger partial charge >= 0.3 is 0 Å². The van der Waals surface area contributed by atoms with E-state index < -0.39 is 23.5 Å². The predicted octanol–water partition coefficient (Wildman–Crippen LogP) is 5.39. The van der Waals surface area contributed by atoms with Crippen LogP contribution in [0.4, 0.5) is 5.13 Å². The molecule has 5 rings (SSSR count). The molecule has 4 aromatic rings. The first-order valence-corrected chi connectivity index (χ1v) is 11.8. The molecule has 0 fully saturated rings. The number of ether oxygens (including phenoxy) is 2. The average Bonchev–Trinajstić information content (AvgIpc) is 3.55. The summed E-state index contributed by atoms with van der Waals surface area (Å²) in [6, 6.07) is 14.8. The van der Waals surface area contributed by atoms with Crippen LogP contribution in [0.3, 0.4) is 0 Å². The first-order valence-electron chi connectivity index (χ1n) is 11.0. The number of hydrogen-bond acceptors (Lipinski definition) is 8. The van der Waals surface area contributed by atoms with Gasteiger partial charge in [0.15, 0.2) is 16.7 Å². The summed E-state index contributed by atoms with van der Waals surface area (Å²) in [4.78, 5) is 32.8. The van der Waals surface area contributed by atoms with E-state index in [1.807, 2.05) is 25.1 Å². The minimum Gasteiger partial charge on any atom is -0.503 e. The van der Waals surface area contributed by atoms with Gasteiger partial charge < -0.3 is 19.0 Å². The molecule has 35 heavy (non-hydrogen) atoms. The van der Waals surface area contributed by atoms with E-state index in [0.717, 1.165) is 4.70 Å². The minimum atomic E-state index is -0.928. The van der Waals surface area contributed by atoms with Crippen LogP contribution in [-0.4, -0.2) is 35.5 Å². The molecule has 1 aliphatic heterocycles. The number of methoxy groups -OCH3 is 1. The number of anilines is 1. The number of aliphatic hydroxyl groups excluding tert-OH is 1. The number of amides is 1. The van der Waals surface area contributed by atoms with E-state index in [-0.39, 0.29) is 11.3 Å². The molecule has 9 heteroatoms. The van der Waals surface area contributed by atoms with Gasteiger partial charge in [-0.05, 0) is 61.9 Å². The molecule has 2 aromatic carbocycles. The number of hydrogen-bond donors (Lipinski definition) is 1. The zero-order valence-corrected chi connectivity index (χ0v) is 20.1. The van der Waals surface area contributed by atoms with Crippen molar-refractivity contribution in [1.82, 2.24) is 4.98 Å². The molecule has 0 spiro atoms. The van der Waals surface area contributed by atoms with Crippen LogP contribution in [0.1, 0.15) is 34.8 Å². The van der Waals surface area contributed by atoms with Gasteiger partial charge in [-0.1, -0.05) is 23.5 Å². The summed E-state index contributed by atoms with van der Waals surface area (Å²) in [5.74, 6) is -0.0929. The Morgan fingerprint density at radius 1 is 1.17 bits per heavy atom. The van der Waals surface area contributed by atoms with Crippen molar-refractivity contribution >= 4 is 38.4 Å². The summed E-state index contributed by atoms with van der Waals surface area (Å²) in [6.45, 7) is 4.14. The zero-order valence-electron chi connectivity index (χ0n) is 19.3. The molecule has 8 nitrogen and oxygen atoms in total. The van der Waals surface area contributed by atoms with Crippen molar-refractivity contribution in [2.24, 2.45) is 0 Å². The van der Waals surface area contributed by atoms with Crippen molar-refractivity contribution in [2.75, 3.05) is 18.6 Å². The maximum absolute atomic E-state index is 13.5. The number of aromatic nitrogens is 1. The number of thiazole rings is 1. The van der Waals surface area contributed by atoms with Gasteiger partial charge in [0.1, 0.15) is 17.3 Å². The van der Waals surface area contributed by atoms with E-state index in [4.69, 9.17) is 13.9 Å². The molecule has 178 valence electrons. The van der Waals surface area contributed by atoms with Gasteiger partial charge in [-0.2, -0.15) is 0 Å². The van der Waals surface area contributed by atoms with E-state index in [9.17, 15) is 14.7 Å². The lowest BCUT2D eigenvalue weighted by Crippen LogP contribution is -2.31. The highest BCUT2D eigenvalue weighted by Gasteiger charge is 2.46. The van der Waals surface area contributed by atoms with Crippen LogP contribution < -0.4 is 14.4 Å². The van der Waals surface area contributed by atoms with Gasteiger partial charge in [-0.3, -0.25) is 14.5 Å². The van der Waals surface area contributed by atoms with Crippen molar-refractivity contribution in [2.45, 2.75) is 19.9 Å². The van der Waals surface area contributed by atoms with Crippen LogP contribution in [0.5, 0.6) is 11.5 Å². The Kier molecular flexibility index (Phi) is 5.78. The summed E-state index contributed by atoms with van der Waals surface area (Å²) in [6.07, 6.45) is 0. The fourth-order valence-electron chi connectivity index (χ4n) is 4.10. The fourth-order valence-corrected chi connectivity index (χ4v) is 5.12. The zero-order chi connectivity index (χ0) is 24.7. The van der Waals surface area contributed by atoms with E-state index in [1.54, 1.807) is 37.3 Å². The molecular formula is C26H22N2O6S. The van der Waals surface area contributed by atoms with Gasteiger partial charge in [0, 0.05) is 0 Å². The topological polar surface area (TPSA) is 102 Å². The van der Waals surface area contributed by atoms with E-state index >= 15 is 0 Å². The van der Waals surface area contributed by atoms with Crippen molar-refractivity contribution in [3.63, 3.8) is 0 Å². The molecule has 0 aliphatic carbocycles. The molecule has 1 atom stereocenters. The SMILES string of the molecule is CCOc1ccc2nc(N3C(=O)C(O)=C(C(=O)c4ccc(C)o4)[C@@H]3c3cccc(OC)c3)sc2c1. The summed E-state index contributed by atoms with van der Waals surface area (Å²) in [5.41, 5.74) is 1.18. The van der Waals surface area contributed by atoms with Gasteiger partial charge in [-0.15, -0.1) is 0 Å². The Morgan fingerprint density at radius 2 is 2.00 bits per heavy atom. The molecule has 3 heterocycles. The normalized spacial score (nSPS) is 15.8. The Labute approximate surface area is 205 Å². The quantitative estimate of drug-likeness (QED) is 0.347. The Balaban J connectivity index is 1.65. The molecule has 0 saturated carbocycles. The lowest BCUT2D eigenvalue weighted by atomic mass is 9.95. The second-order valence-electron chi connectivity index (χ2n) is 7.91. The number of benzene rings is 2. The summed E-state index contributed by atoms with van der Waals surface area (Å²) < 4.78 is 17.3. The second kappa shape index (κ2) is 8.92. The number of fused-ring (bicyclic) bond motifs is 1. The number of aryl methyl sites for hydroxylation is 1. The molecule has 1 aliphatic rings. The Hall–Kier alpha value is -4.11. The third kappa shape index (κ3) is 3.93. The molecular weight excluding hydrogens is 468 g/mol. The van der Waals surface area contributed by atoms with Gasteiger partial charge in [0.25, 0.3) is 5.91 Å². The number of aliphatic hydroxyl groups is 1. The van der Waals surface area contributed by atoms with Crippen LogP contribution >= 0.6 is 11.3 Å². The molecule has 0 radical (unpaired) electrons. The third-order valence-electron chi connectivity index (χ3n) is 5.69. The maximum Gasteiger partial charge on any atom is 0.296 e. The highest BCUT2D eigenvalue weighted by molar-refractivity contribution is 7.22. The van der Waals surface area contributed by atoms with Crippen molar-refractivity contribution in [3.8, 4) is 11.5 Å². The van der Waals surface area contributed by atoms with E-state index in [0.29, 0.717) is 40.1 Å². The maximum atomic E-state index is 13.5. The summed E-state index contributed by atoms with van der Waals surface area (Å²) in [5, 5.41) is 11.3. The van der Waals surface area contributed by atoms with Crippen LogP contribution in [-0.2, 0) is 4.79 Å². The monoisotopic (exact) mass is 490 g/mol. The minimum absolute atomic E-state index is 0.0391. The number of carbonyl (C=O) groups excluding carboxylic acids is 2. The van der Waals surface area contributed by atoms with Gasteiger partial charge in [0.2, 0.25) is 5.78 Å². The first kappa shape index (κ1) is 22.7. The number of carbonyl (C=O) groups is 2. The smallest absolute Gasteiger partial charge is 0.296 e. The first-order chi connectivity index (χ1) is 16.9. The van der Waals surface area contributed by atoms with Crippen LogP contribution in [0, 0.1) is 6.92 Å². The van der Waals surface area contributed by atoms with E-state index in [2.05, 4.69) is 4.98 Å². The third-order valence-corrected chi connectivity index (χ3v) is 6.71. The lowest BCUT2D eigenvalue weighted by Gasteiger charge is -2.24. The molecule has 1 amide bonds. The van der Waals surface area contributed by atoms with Gasteiger partial charge in [0.05, 0.1) is 35.5 Å². The van der Waals surface area contributed by atoms with Crippen LogP contribution in [0.15, 0.2) is 70.3 Å². The predicted molar refractivity (Wildman–Crippen MR) is 131 cm³/mol. The molecule has 0 saturated heterocycles. The number of furan rings is 1. The highest BCUT2D eigenvalue weighted by Crippen LogP contribution is 2.45. The lowest BCUT2D eigenvalue weighted by molar-refractivity contribution is -0.117. The summed E-state index contributed by atoms with van der Waals surface area (Å²) in [7, 11) is 1.53. The Bertz CT molecular complexity index is 1480. The molecule has 0 bridgehead atoms. The molecule has 2 aromatic heterocycles.